The van der Waals surface area contributed by atoms with Gasteiger partial charge in [-0.3, -0.25) is 4.79 Å². The van der Waals surface area contributed by atoms with Gasteiger partial charge in [-0.25, -0.2) is 14.8 Å². The Labute approximate surface area is 117 Å². The number of anilines is 1. The van der Waals surface area contributed by atoms with Crippen molar-refractivity contribution in [3.63, 3.8) is 0 Å². The van der Waals surface area contributed by atoms with Crippen LogP contribution >= 0.6 is 23.2 Å². The third-order valence-electron chi connectivity index (χ3n) is 2.58. The van der Waals surface area contributed by atoms with E-state index in [-0.39, 0.29) is 22.4 Å². The van der Waals surface area contributed by atoms with Crippen molar-refractivity contribution >= 4 is 40.9 Å². The van der Waals surface area contributed by atoms with Gasteiger partial charge >= 0.3 is 5.97 Å². The Bertz CT molecular complexity index is 525. The van der Waals surface area contributed by atoms with Crippen molar-refractivity contribution < 1.29 is 19.4 Å². The molecule has 1 fully saturated rings. The topological polar surface area (TPSA) is 101 Å². The zero-order chi connectivity index (χ0) is 14.0. The smallest absolute Gasteiger partial charge is 0.332 e. The van der Waals surface area contributed by atoms with Gasteiger partial charge < -0.3 is 15.2 Å². The van der Waals surface area contributed by atoms with Crippen LogP contribution in [0, 0.1) is 0 Å². The number of aromatic nitrogens is 2. The van der Waals surface area contributed by atoms with Crippen LogP contribution in [0.5, 0.6) is 0 Å². The lowest BCUT2D eigenvalue weighted by Gasteiger charge is -2.12. The van der Waals surface area contributed by atoms with Gasteiger partial charge in [-0.1, -0.05) is 23.2 Å². The van der Waals surface area contributed by atoms with Crippen molar-refractivity contribution in [1.82, 2.24) is 9.97 Å². The number of aliphatic carboxylic acids is 1. The molecule has 1 aliphatic heterocycles. The van der Waals surface area contributed by atoms with E-state index < -0.39 is 24.1 Å². The summed E-state index contributed by atoms with van der Waals surface area (Å²) in [5, 5.41) is 11.2. The van der Waals surface area contributed by atoms with Crippen molar-refractivity contribution in [2.75, 3.05) is 5.32 Å². The van der Waals surface area contributed by atoms with E-state index in [2.05, 4.69) is 15.3 Å². The van der Waals surface area contributed by atoms with Gasteiger partial charge in [0.25, 0.3) is 5.91 Å². The molecular formula is C10H9Cl2N3O4. The van der Waals surface area contributed by atoms with Crippen LogP contribution in [-0.2, 0) is 14.3 Å². The first-order valence-corrected chi connectivity index (χ1v) is 6.09. The zero-order valence-electron chi connectivity index (χ0n) is 9.47. The average Bonchev–Trinajstić information content (AvgIpc) is 2.84. The molecular weight excluding hydrogens is 297 g/mol. The summed E-state index contributed by atoms with van der Waals surface area (Å²) in [5.74, 6) is -1.53. The molecule has 0 spiro atoms. The van der Waals surface area contributed by atoms with Crippen LogP contribution in [0.4, 0.5) is 5.82 Å². The lowest BCUT2D eigenvalue weighted by Crippen LogP contribution is -2.30. The van der Waals surface area contributed by atoms with Crippen LogP contribution < -0.4 is 5.32 Å². The third kappa shape index (κ3) is 3.12. The van der Waals surface area contributed by atoms with Crippen LogP contribution in [0.2, 0.25) is 10.2 Å². The molecule has 102 valence electrons. The largest absolute Gasteiger partial charge is 0.479 e. The number of carbonyl (C=O) groups is 2. The molecule has 2 rings (SSSR count). The summed E-state index contributed by atoms with van der Waals surface area (Å²) in [4.78, 5) is 30.0. The van der Waals surface area contributed by atoms with E-state index >= 15 is 0 Å². The summed E-state index contributed by atoms with van der Waals surface area (Å²) >= 11 is 11.5. The second kappa shape index (κ2) is 5.68. The van der Waals surface area contributed by atoms with Crippen LogP contribution in [0.15, 0.2) is 6.33 Å². The maximum atomic E-state index is 11.9. The normalized spacial score (nSPS) is 22.2. The van der Waals surface area contributed by atoms with Gasteiger partial charge in [0.2, 0.25) is 0 Å². The fraction of sp³-hybridized carbons (Fsp3) is 0.400. The first kappa shape index (κ1) is 14.0. The second-order valence-corrected chi connectivity index (χ2v) is 4.58. The average molecular weight is 306 g/mol. The van der Waals surface area contributed by atoms with E-state index in [1.165, 1.54) is 0 Å². The Morgan fingerprint density at radius 1 is 1.32 bits per heavy atom. The number of carboxylic acids is 1. The molecule has 2 N–H and O–H groups in total. The van der Waals surface area contributed by atoms with Crippen molar-refractivity contribution in [3.8, 4) is 0 Å². The minimum atomic E-state index is -1.08. The summed E-state index contributed by atoms with van der Waals surface area (Å²) in [6.07, 6.45) is -0.0456. The summed E-state index contributed by atoms with van der Waals surface area (Å²) in [5.41, 5.74) is 0. The highest BCUT2D eigenvalue weighted by Gasteiger charge is 2.35. The zero-order valence-corrected chi connectivity index (χ0v) is 11.0. The van der Waals surface area contributed by atoms with E-state index in [0.717, 1.165) is 6.33 Å². The van der Waals surface area contributed by atoms with Crippen molar-refractivity contribution in [3.05, 3.63) is 16.5 Å². The molecule has 2 atom stereocenters. The Morgan fingerprint density at radius 3 is 2.63 bits per heavy atom. The quantitative estimate of drug-likeness (QED) is 0.817. The van der Waals surface area contributed by atoms with Crippen LogP contribution in [0.3, 0.4) is 0 Å². The molecule has 2 heterocycles. The fourth-order valence-corrected chi connectivity index (χ4v) is 1.92. The van der Waals surface area contributed by atoms with E-state index in [0.29, 0.717) is 6.42 Å². The summed E-state index contributed by atoms with van der Waals surface area (Å²) < 4.78 is 5.10. The minimum absolute atomic E-state index is 0.0164. The molecule has 9 heteroatoms. The first-order valence-electron chi connectivity index (χ1n) is 5.34. The number of nitrogens with zero attached hydrogens (tertiary/aromatic N) is 2. The van der Waals surface area contributed by atoms with E-state index in [1.54, 1.807) is 0 Å². The van der Waals surface area contributed by atoms with Gasteiger partial charge in [0, 0.05) is 0 Å². The third-order valence-corrected chi connectivity index (χ3v) is 3.32. The molecule has 0 bridgehead atoms. The molecule has 0 radical (unpaired) electrons. The van der Waals surface area contributed by atoms with E-state index in [4.69, 9.17) is 33.0 Å². The molecule has 1 aromatic heterocycles. The maximum Gasteiger partial charge on any atom is 0.332 e. The Kier molecular flexibility index (Phi) is 4.18. The van der Waals surface area contributed by atoms with Gasteiger partial charge in [-0.15, -0.1) is 0 Å². The fourth-order valence-electron chi connectivity index (χ4n) is 1.64. The van der Waals surface area contributed by atoms with E-state index in [1.807, 2.05) is 0 Å². The highest BCUT2D eigenvalue weighted by molar-refractivity contribution is 6.42. The van der Waals surface area contributed by atoms with E-state index in [9.17, 15) is 9.59 Å². The summed E-state index contributed by atoms with van der Waals surface area (Å²) in [6, 6.07) is 0. The first-order chi connectivity index (χ1) is 8.99. The SMILES string of the molecule is O=C(O)C1CCC(C(=O)Nc2ncnc(Cl)c2Cl)O1. The number of carboxylic acid groups (broad SMARTS) is 1. The molecule has 1 aromatic rings. The Morgan fingerprint density at radius 2 is 2.00 bits per heavy atom. The second-order valence-electron chi connectivity index (χ2n) is 3.85. The highest BCUT2D eigenvalue weighted by Crippen LogP contribution is 2.27. The molecule has 19 heavy (non-hydrogen) atoms. The number of halogens is 2. The molecule has 0 aliphatic carbocycles. The van der Waals surface area contributed by atoms with Crippen molar-refractivity contribution in [2.24, 2.45) is 0 Å². The predicted octanol–water partition coefficient (Wildman–Crippen LogP) is 1.35. The predicted molar refractivity (Wildman–Crippen MR) is 66.2 cm³/mol. The lowest BCUT2D eigenvalue weighted by atomic mass is 10.2. The molecule has 1 saturated heterocycles. The number of hydrogen-bond acceptors (Lipinski definition) is 5. The molecule has 1 amide bonds. The van der Waals surface area contributed by atoms with Crippen LogP contribution in [0.1, 0.15) is 12.8 Å². The van der Waals surface area contributed by atoms with Crippen LogP contribution in [-0.4, -0.2) is 39.2 Å². The van der Waals surface area contributed by atoms with Gasteiger partial charge in [0.05, 0.1) is 0 Å². The molecule has 2 unspecified atom stereocenters. The standard InChI is InChI=1S/C10H9Cl2N3O4/c11-6-7(12)13-3-14-8(6)15-9(16)4-1-2-5(19-4)10(17)18/h3-5H,1-2H2,(H,17,18)(H,13,14,15,16). The highest BCUT2D eigenvalue weighted by atomic mass is 35.5. The molecule has 7 nitrogen and oxygen atoms in total. The Balaban J connectivity index is 2.02. The summed E-state index contributed by atoms with van der Waals surface area (Å²) in [7, 11) is 0. The van der Waals surface area contributed by atoms with Gasteiger partial charge in [0.1, 0.15) is 17.5 Å². The van der Waals surface area contributed by atoms with Gasteiger partial charge in [0.15, 0.2) is 17.1 Å². The Hall–Kier alpha value is -1.44. The number of carbonyl (C=O) groups excluding carboxylic acids is 1. The van der Waals surface area contributed by atoms with Crippen LogP contribution in [0.25, 0.3) is 0 Å². The number of amides is 1. The molecule has 0 aromatic carbocycles. The number of nitrogens with one attached hydrogen (secondary N) is 1. The molecule has 0 saturated carbocycles. The monoisotopic (exact) mass is 305 g/mol. The number of rotatable bonds is 3. The molecule has 1 aliphatic rings. The van der Waals surface area contributed by atoms with Gasteiger partial charge in [-0.05, 0) is 12.8 Å². The minimum Gasteiger partial charge on any atom is -0.479 e. The van der Waals surface area contributed by atoms with Crippen molar-refractivity contribution in [1.29, 1.82) is 0 Å². The number of ether oxygens (including phenoxy) is 1. The lowest BCUT2D eigenvalue weighted by molar-refractivity contribution is -0.150. The maximum absolute atomic E-state index is 11.9. The van der Waals surface area contributed by atoms with Gasteiger partial charge in [-0.2, -0.15) is 0 Å². The summed E-state index contributed by atoms with van der Waals surface area (Å²) in [6.45, 7) is 0. The van der Waals surface area contributed by atoms with Crippen molar-refractivity contribution in [2.45, 2.75) is 25.0 Å². The number of hydrogen-bond donors (Lipinski definition) is 2.